The number of hydrogen-bond acceptors (Lipinski definition) is 6. The summed E-state index contributed by atoms with van der Waals surface area (Å²) in [5.41, 5.74) is 1.40. The van der Waals surface area contributed by atoms with Crippen molar-refractivity contribution in [1.29, 1.82) is 0 Å². The lowest BCUT2D eigenvalue weighted by molar-refractivity contribution is 0.0486. The lowest BCUT2D eigenvalue weighted by Crippen LogP contribution is -2.11. The Morgan fingerprint density at radius 2 is 0.796 bits per heavy atom. The third kappa shape index (κ3) is 13.1. The van der Waals surface area contributed by atoms with Gasteiger partial charge in [0.15, 0.2) is 0 Å². The van der Waals surface area contributed by atoms with Gasteiger partial charge in [-0.2, -0.15) is 0 Å². The molecule has 4 aromatic carbocycles. The average molecular weight is 739 g/mol. The summed E-state index contributed by atoms with van der Waals surface area (Å²) >= 11 is 0. The van der Waals surface area contributed by atoms with Gasteiger partial charge in [-0.1, -0.05) is 167 Å². The van der Waals surface area contributed by atoms with E-state index in [1.807, 2.05) is 42.5 Å². The topological polar surface area (TPSA) is 78.9 Å². The van der Waals surface area contributed by atoms with Crippen LogP contribution in [0.2, 0.25) is 0 Å². The van der Waals surface area contributed by atoms with E-state index in [0.717, 1.165) is 72.9 Å². The third-order valence-corrected chi connectivity index (χ3v) is 10.6. The van der Waals surface area contributed by atoms with E-state index in [4.69, 9.17) is 14.2 Å². The lowest BCUT2D eigenvalue weighted by Gasteiger charge is -2.15. The monoisotopic (exact) mass is 738 g/mol. The van der Waals surface area contributed by atoms with Gasteiger partial charge in [-0.15, -0.1) is 0 Å². The molecule has 0 aliphatic rings. The Labute approximate surface area is 324 Å². The first-order valence-corrected chi connectivity index (χ1v) is 21.4. The SMILES string of the molecule is CCCCCCCCCOC(=O)c1ccc2c(ccc3c2ccc2c(C(=O)OCCCCCCCCC)ccc(C(=O)OCCCCCCCCC)c23)c1. The Kier molecular flexibility index (Phi) is 19.4. The molecule has 0 radical (unpaired) electrons. The van der Waals surface area contributed by atoms with Crippen LogP contribution in [0.4, 0.5) is 0 Å². The minimum Gasteiger partial charge on any atom is -0.462 e. The number of carbonyl (C=O) groups excluding carboxylic acids is 3. The van der Waals surface area contributed by atoms with Gasteiger partial charge in [0.2, 0.25) is 0 Å². The first-order valence-electron chi connectivity index (χ1n) is 21.4. The fourth-order valence-corrected chi connectivity index (χ4v) is 7.39. The molecule has 0 N–H and O–H groups in total. The fraction of sp³-hybridized carbons (Fsp3) is 0.562. The highest BCUT2D eigenvalue weighted by Crippen LogP contribution is 2.36. The van der Waals surface area contributed by atoms with Crippen molar-refractivity contribution in [3.63, 3.8) is 0 Å². The first kappa shape index (κ1) is 42.8. The number of hydrogen-bond donors (Lipinski definition) is 0. The van der Waals surface area contributed by atoms with Crippen LogP contribution < -0.4 is 0 Å². The van der Waals surface area contributed by atoms with Crippen LogP contribution in [0.5, 0.6) is 0 Å². The van der Waals surface area contributed by atoms with E-state index in [9.17, 15) is 14.4 Å². The van der Waals surface area contributed by atoms with Crippen molar-refractivity contribution in [2.75, 3.05) is 19.8 Å². The van der Waals surface area contributed by atoms with Crippen LogP contribution >= 0.6 is 0 Å². The molecule has 0 heterocycles. The molecular weight excluding hydrogens is 673 g/mol. The minimum atomic E-state index is -0.388. The van der Waals surface area contributed by atoms with Gasteiger partial charge in [0.1, 0.15) is 0 Å². The summed E-state index contributed by atoms with van der Waals surface area (Å²) < 4.78 is 17.2. The van der Waals surface area contributed by atoms with Crippen LogP contribution in [0.25, 0.3) is 32.3 Å². The number of benzene rings is 4. The van der Waals surface area contributed by atoms with Gasteiger partial charge in [0.05, 0.1) is 36.5 Å². The van der Waals surface area contributed by atoms with Crippen molar-refractivity contribution in [1.82, 2.24) is 0 Å². The molecule has 0 fully saturated rings. The molecule has 0 bridgehead atoms. The van der Waals surface area contributed by atoms with Gasteiger partial charge in [-0.05, 0) is 70.5 Å². The quantitative estimate of drug-likeness (QED) is 0.0262. The van der Waals surface area contributed by atoms with E-state index in [1.165, 1.54) is 83.5 Å². The molecule has 0 unspecified atom stereocenters. The van der Waals surface area contributed by atoms with Crippen LogP contribution in [0.1, 0.15) is 187 Å². The Morgan fingerprint density at radius 1 is 0.389 bits per heavy atom. The molecule has 0 aliphatic carbocycles. The molecule has 4 rings (SSSR count). The molecule has 0 saturated heterocycles. The summed E-state index contributed by atoms with van der Waals surface area (Å²) in [6.07, 6.45) is 24.1. The molecule has 0 saturated carbocycles. The maximum Gasteiger partial charge on any atom is 0.338 e. The second kappa shape index (κ2) is 24.5. The largest absolute Gasteiger partial charge is 0.462 e. The van der Waals surface area contributed by atoms with E-state index in [2.05, 4.69) is 20.8 Å². The summed E-state index contributed by atoms with van der Waals surface area (Å²) in [6.45, 7) is 7.82. The van der Waals surface area contributed by atoms with Gasteiger partial charge in [0.25, 0.3) is 0 Å². The zero-order valence-corrected chi connectivity index (χ0v) is 33.6. The van der Waals surface area contributed by atoms with Crippen LogP contribution in [0.15, 0.2) is 54.6 Å². The number of fused-ring (bicyclic) bond motifs is 5. The minimum absolute atomic E-state index is 0.313. The molecule has 6 nitrogen and oxygen atoms in total. The molecular formula is C48H66O6. The third-order valence-electron chi connectivity index (χ3n) is 10.6. The zero-order chi connectivity index (χ0) is 38.4. The fourth-order valence-electron chi connectivity index (χ4n) is 7.39. The molecule has 294 valence electrons. The Morgan fingerprint density at radius 3 is 1.33 bits per heavy atom. The van der Waals surface area contributed by atoms with Gasteiger partial charge in [-0.25, -0.2) is 14.4 Å². The highest BCUT2D eigenvalue weighted by Gasteiger charge is 2.21. The Bertz CT molecular complexity index is 1760. The molecule has 6 heteroatoms. The maximum atomic E-state index is 13.7. The predicted octanol–water partition coefficient (Wildman–Crippen LogP) is 13.9. The van der Waals surface area contributed by atoms with Crippen molar-refractivity contribution < 1.29 is 28.6 Å². The second-order valence-corrected chi connectivity index (χ2v) is 15.0. The molecule has 4 aromatic rings. The van der Waals surface area contributed by atoms with E-state index >= 15 is 0 Å². The molecule has 0 atom stereocenters. The number of rotatable bonds is 27. The molecule has 0 aliphatic heterocycles. The maximum absolute atomic E-state index is 13.7. The summed E-state index contributed by atoms with van der Waals surface area (Å²) in [4.78, 5) is 40.1. The van der Waals surface area contributed by atoms with Crippen LogP contribution in [-0.4, -0.2) is 37.7 Å². The number of ether oxygens (including phenoxy) is 3. The first-order chi connectivity index (χ1) is 26.5. The van der Waals surface area contributed by atoms with Crippen LogP contribution in [0.3, 0.4) is 0 Å². The van der Waals surface area contributed by atoms with Gasteiger partial charge >= 0.3 is 17.9 Å². The summed E-state index contributed by atoms with van der Waals surface area (Å²) in [7, 11) is 0. The van der Waals surface area contributed by atoms with E-state index < -0.39 is 0 Å². The Hall–Kier alpha value is -3.93. The van der Waals surface area contributed by atoms with Crippen LogP contribution in [-0.2, 0) is 14.2 Å². The average Bonchev–Trinajstić information content (AvgIpc) is 3.19. The van der Waals surface area contributed by atoms with Gasteiger partial charge in [0, 0.05) is 5.39 Å². The van der Waals surface area contributed by atoms with E-state index in [0.29, 0.717) is 47.3 Å². The summed E-state index contributed by atoms with van der Waals surface area (Å²) in [5.74, 6) is -1.08. The normalized spacial score (nSPS) is 11.4. The molecule has 0 aromatic heterocycles. The summed E-state index contributed by atoms with van der Waals surface area (Å²) in [5, 5.41) is 4.98. The zero-order valence-electron chi connectivity index (χ0n) is 33.6. The lowest BCUT2D eigenvalue weighted by atomic mass is 9.91. The van der Waals surface area contributed by atoms with Gasteiger partial charge < -0.3 is 14.2 Å². The van der Waals surface area contributed by atoms with Gasteiger partial charge in [-0.3, -0.25) is 0 Å². The number of carbonyl (C=O) groups is 3. The van der Waals surface area contributed by atoms with Crippen molar-refractivity contribution in [2.24, 2.45) is 0 Å². The second-order valence-electron chi connectivity index (χ2n) is 15.0. The van der Waals surface area contributed by atoms with Crippen molar-refractivity contribution in [3.05, 3.63) is 71.3 Å². The van der Waals surface area contributed by atoms with Crippen molar-refractivity contribution in [3.8, 4) is 0 Å². The standard InChI is InChI=1S/C48H66O6/c1-4-7-10-13-16-19-22-33-52-46(49)38-26-27-39-37(36-38)25-28-41-40(39)29-30-42-43(47(50)53-34-23-20-17-14-11-8-5-2)31-32-44(45(41)42)48(51)54-35-24-21-18-15-12-9-6-3/h25-32,36H,4-24,33-35H2,1-3H3. The van der Waals surface area contributed by atoms with E-state index in [1.54, 1.807) is 12.1 Å². The smallest absolute Gasteiger partial charge is 0.338 e. The molecule has 54 heavy (non-hydrogen) atoms. The van der Waals surface area contributed by atoms with Crippen molar-refractivity contribution >= 4 is 50.2 Å². The number of unbranched alkanes of at least 4 members (excludes halogenated alkanes) is 18. The number of esters is 3. The highest BCUT2D eigenvalue weighted by molar-refractivity contribution is 6.24. The van der Waals surface area contributed by atoms with E-state index in [-0.39, 0.29) is 17.9 Å². The summed E-state index contributed by atoms with van der Waals surface area (Å²) in [6, 6.07) is 16.9. The van der Waals surface area contributed by atoms with Crippen molar-refractivity contribution in [2.45, 2.75) is 156 Å². The molecule has 0 spiro atoms. The molecule has 0 amide bonds. The van der Waals surface area contributed by atoms with Crippen LogP contribution in [0, 0.1) is 0 Å². The highest BCUT2D eigenvalue weighted by atomic mass is 16.5. The predicted molar refractivity (Wildman–Crippen MR) is 224 cm³/mol. The Balaban J connectivity index is 1.53.